The Morgan fingerprint density at radius 2 is 2.05 bits per heavy atom. The Hall–Kier alpha value is -1.22. The lowest BCUT2D eigenvalue weighted by Crippen LogP contribution is -2.60. The minimum absolute atomic E-state index is 0.0340. The molecule has 1 aromatic rings. The molecule has 1 fully saturated rings. The lowest BCUT2D eigenvalue weighted by Gasteiger charge is -2.52. The first-order chi connectivity index (χ1) is 9.56. The fourth-order valence-electron chi connectivity index (χ4n) is 3.78. The van der Waals surface area contributed by atoms with Crippen molar-refractivity contribution >= 4 is 5.69 Å². The number of nitrogens with zero attached hydrogens (tertiary/aromatic N) is 1. The number of benzene rings is 1. The summed E-state index contributed by atoms with van der Waals surface area (Å²) in [4.78, 5) is 2.37. The van der Waals surface area contributed by atoms with Gasteiger partial charge in [-0.2, -0.15) is 0 Å². The molecule has 112 valence electrons. The summed E-state index contributed by atoms with van der Waals surface area (Å²) in [5.74, 6) is 2.22. The van der Waals surface area contributed by atoms with Crippen LogP contribution in [-0.2, 0) is 0 Å². The van der Waals surface area contributed by atoms with Gasteiger partial charge in [0.15, 0.2) is 0 Å². The third-order valence-electron chi connectivity index (χ3n) is 5.44. The van der Waals surface area contributed by atoms with Gasteiger partial charge in [0.05, 0.1) is 18.3 Å². The summed E-state index contributed by atoms with van der Waals surface area (Å²) in [6.07, 6.45) is 3.72. The van der Waals surface area contributed by atoms with Crippen LogP contribution in [0.15, 0.2) is 24.3 Å². The summed E-state index contributed by atoms with van der Waals surface area (Å²) in [5.41, 5.74) is 7.41. The summed E-state index contributed by atoms with van der Waals surface area (Å²) in [7, 11) is 3.90. The van der Waals surface area contributed by atoms with Crippen LogP contribution in [-0.4, -0.2) is 26.2 Å². The molecule has 0 spiro atoms. The predicted molar refractivity (Wildman–Crippen MR) is 85.4 cm³/mol. The van der Waals surface area contributed by atoms with Crippen LogP contribution in [0.3, 0.4) is 0 Å². The number of nitrogens with two attached hydrogens (primary N) is 1. The van der Waals surface area contributed by atoms with Crippen molar-refractivity contribution in [1.82, 2.24) is 0 Å². The smallest absolute Gasteiger partial charge is 0.142 e. The van der Waals surface area contributed by atoms with E-state index in [-0.39, 0.29) is 5.54 Å². The first-order valence-corrected chi connectivity index (χ1v) is 7.63. The van der Waals surface area contributed by atoms with E-state index in [2.05, 4.69) is 37.9 Å². The van der Waals surface area contributed by atoms with Crippen LogP contribution in [0.1, 0.15) is 33.1 Å². The van der Waals surface area contributed by atoms with Crippen molar-refractivity contribution < 1.29 is 4.74 Å². The third kappa shape index (κ3) is 2.39. The van der Waals surface area contributed by atoms with Gasteiger partial charge in [0.2, 0.25) is 0 Å². The molecule has 0 aromatic heterocycles. The highest BCUT2D eigenvalue weighted by molar-refractivity contribution is 5.60. The van der Waals surface area contributed by atoms with E-state index in [1.807, 2.05) is 12.1 Å². The van der Waals surface area contributed by atoms with Crippen LogP contribution in [0.5, 0.6) is 5.75 Å². The summed E-state index contributed by atoms with van der Waals surface area (Å²) in [5, 5.41) is 0. The average molecular weight is 276 g/mol. The number of anilines is 1. The van der Waals surface area contributed by atoms with Crippen LogP contribution in [0.2, 0.25) is 0 Å². The Balaban J connectivity index is 2.40. The van der Waals surface area contributed by atoms with Crippen molar-refractivity contribution in [3.8, 4) is 5.75 Å². The number of likely N-dealkylation sites (N-methyl/N-ethyl adjacent to an activating group) is 1. The fourth-order valence-corrected chi connectivity index (χ4v) is 3.78. The molecule has 20 heavy (non-hydrogen) atoms. The molecule has 1 aliphatic carbocycles. The van der Waals surface area contributed by atoms with Gasteiger partial charge in [-0.1, -0.05) is 38.8 Å². The largest absolute Gasteiger partial charge is 0.495 e. The van der Waals surface area contributed by atoms with Crippen LogP contribution < -0.4 is 15.4 Å². The Morgan fingerprint density at radius 3 is 2.70 bits per heavy atom. The first kappa shape index (κ1) is 15.2. The topological polar surface area (TPSA) is 38.5 Å². The van der Waals surface area contributed by atoms with Crippen LogP contribution in [0.4, 0.5) is 5.69 Å². The number of rotatable bonds is 4. The predicted octanol–water partition coefficient (Wildman–Crippen LogP) is 3.29. The molecule has 1 saturated carbocycles. The van der Waals surface area contributed by atoms with Crippen molar-refractivity contribution in [3.63, 3.8) is 0 Å². The van der Waals surface area contributed by atoms with Gasteiger partial charge in [-0.3, -0.25) is 0 Å². The van der Waals surface area contributed by atoms with Crippen molar-refractivity contribution in [1.29, 1.82) is 0 Å². The van der Waals surface area contributed by atoms with E-state index in [1.54, 1.807) is 7.11 Å². The van der Waals surface area contributed by atoms with Crippen molar-refractivity contribution in [2.45, 2.75) is 38.6 Å². The SMILES string of the molecule is COc1ccccc1N(C)C1(CN)CCCC(C)C1C. The van der Waals surface area contributed by atoms with E-state index in [4.69, 9.17) is 10.5 Å². The molecule has 0 radical (unpaired) electrons. The molecule has 3 nitrogen and oxygen atoms in total. The van der Waals surface area contributed by atoms with Crippen LogP contribution >= 0.6 is 0 Å². The molecule has 0 amide bonds. The molecule has 2 rings (SSSR count). The van der Waals surface area contributed by atoms with Gasteiger partial charge >= 0.3 is 0 Å². The highest BCUT2D eigenvalue weighted by atomic mass is 16.5. The normalized spacial score (nSPS) is 30.1. The Bertz CT molecular complexity index is 448. The molecular formula is C17H28N2O. The van der Waals surface area contributed by atoms with Crippen molar-refractivity contribution in [2.24, 2.45) is 17.6 Å². The van der Waals surface area contributed by atoms with Crippen LogP contribution in [0, 0.1) is 11.8 Å². The standard InChI is InChI=1S/C17H28N2O/c1-13-8-7-11-17(12-18,14(13)2)19(3)15-9-5-6-10-16(15)20-4/h5-6,9-10,13-14H,7-8,11-12,18H2,1-4H3. The second-order valence-electron chi connectivity index (χ2n) is 6.20. The van der Waals surface area contributed by atoms with E-state index in [0.717, 1.165) is 17.9 Å². The molecule has 3 unspecified atom stereocenters. The minimum Gasteiger partial charge on any atom is -0.495 e. The molecule has 0 saturated heterocycles. The molecule has 1 aromatic carbocycles. The van der Waals surface area contributed by atoms with Gasteiger partial charge in [-0.15, -0.1) is 0 Å². The highest BCUT2D eigenvalue weighted by Crippen LogP contribution is 2.44. The van der Waals surface area contributed by atoms with Crippen LogP contribution in [0.25, 0.3) is 0 Å². The molecular weight excluding hydrogens is 248 g/mol. The summed E-state index contributed by atoms with van der Waals surface area (Å²) in [6, 6.07) is 8.23. The zero-order valence-electron chi connectivity index (χ0n) is 13.2. The first-order valence-electron chi connectivity index (χ1n) is 7.63. The summed E-state index contributed by atoms with van der Waals surface area (Å²) < 4.78 is 5.53. The van der Waals surface area contributed by atoms with Gasteiger partial charge in [-0.25, -0.2) is 0 Å². The molecule has 0 heterocycles. The fraction of sp³-hybridized carbons (Fsp3) is 0.647. The highest BCUT2D eigenvalue weighted by Gasteiger charge is 2.44. The number of hydrogen-bond donors (Lipinski definition) is 1. The molecule has 1 aliphatic rings. The zero-order valence-corrected chi connectivity index (χ0v) is 13.2. The third-order valence-corrected chi connectivity index (χ3v) is 5.44. The zero-order chi connectivity index (χ0) is 14.8. The van der Waals surface area contributed by atoms with E-state index in [1.165, 1.54) is 12.8 Å². The van der Waals surface area contributed by atoms with Crippen molar-refractivity contribution in [3.05, 3.63) is 24.3 Å². The number of ether oxygens (including phenoxy) is 1. The van der Waals surface area contributed by atoms with Gasteiger partial charge in [-0.05, 0) is 30.4 Å². The lowest BCUT2D eigenvalue weighted by atomic mass is 9.67. The van der Waals surface area contributed by atoms with Gasteiger partial charge in [0, 0.05) is 13.6 Å². The second-order valence-corrected chi connectivity index (χ2v) is 6.20. The van der Waals surface area contributed by atoms with E-state index in [0.29, 0.717) is 18.4 Å². The van der Waals surface area contributed by atoms with Gasteiger partial charge < -0.3 is 15.4 Å². The number of methoxy groups -OCH3 is 1. The Labute approximate surface area is 123 Å². The molecule has 0 aliphatic heterocycles. The number of para-hydroxylation sites is 2. The molecule has 3 atom stereocenters. The van der Waals surface area contributed by atoms with E-state index >= 15 is 0 Å². The van der Waals surface area contributed by atoms with Gasteiger partial charge in [0.25, 0.3) is 0 Å². The monoisotopic (exact) mass is 276 g/mol. The number of hydrogen-bond acceptors (Lipinski definition) is 3. The quantitative estimate of drug-likeness (QED) is 0.917. The summed E-state index contributed by atoms with van der Waals surface area (Å²) >= 11 is 0. The minimum atomic E-state index is 0.0340. The Kier molecular flexibility index (Phi) is 4.59. The van der Waals surface area contributed by atoms with E-state index in [9.17, 15) is 0 Å². The van der Waals surface area contributed by atoms with E-state index < -0.39 is 0 Å². The lowest BCUT2D eigenvalue weighted by molar-refractivity contribution is 0.144. The van der Waals surface area contributed by atoms with Crippen molar-refractivity contribution in [2.75, 3.05) is 25.6 Å². The average Bonchev–Trinajstić information content (AvgIpc) is 2.49. The van der Waals surface area contributed by atoms with Gasteiger partial charge in [0.1, 0.15) is 5.75 Å². The maximum Gasteiger partial charge on any atom is 0.142 e. The molecule has 3 heteroatoms. The maximum atomic E-state index is 6.24. The second kappa shape index (κ2) is 6.04. The molecule has 0 bridgehead atoms. The summed E-state index contributed by atoms with van der Waals surface area (Å²) in [6.45, 7) is 5.39. The maximum absolute atomic E-state index is 6.24. The molecule has 2 N–H and O–H groups in total. The Morgan fingerprint density at radius 1 is 1.35 bits per heavy atom.